The van der Waals surface area contributed by atoms with Gasteiger partial charge in [-0.2, -0.15) is 18.3 Å². The lowest BCUT2D eigenvalue weighted by molar-refractivity contribution is -0.119. The monoisotopic (exact) mass is 275 g/mol. The van der Waals surface area contributed by atoms with Gasteiger partial charge in [-0.25, -0.2) is 0 Å². The molecule has 3 N–H and O–H groups in total. The van der Waals surface area contributed by atoms with Crippen molar-refractivity contribution in [1.82, 2.24) is 10.2 Å². The first-order valence-corrected chi connectivity index (χ1v) is 5.67. The molecule has 0 unspecified atom stereocenters. The molecule has 0 saturated carbocycles. The molecular formula is C11H16F3N5. The topological polar surface area (TPSA) is 78.9 Å². The molecular weight excluding hydrogens is 259 g/mol. The second kappa shape index (κ2) is 5.41. The summed E-state index contributed by atoms with van der Waals surface area (Å²) in [5, 5.41) is 15.1. The highest BCUT2D eigenvalue weighted by atomic mass is 19.4. The van der Waals surface area contributed by atoms with Crippen molar-refractivity contribution in [1.29, 1.82) is 5.41 Å². The van der Waals surface area contributed by atoms with Crippen molar-refractivity contribution in [2.24, 2.45) is 5.73 Å². The van der Waals surface area contributed by atoms with Gasteiger partial charge in [0.1, 0.15) is 12.4 Å². The van der Waals surface area contributed by atoms with Crippen molar-refractivity contribution in [3.05, 3.63) is 16.8 Å². The quantitative estimate of drug-likeness (QED) is 0.648. The Morgan fingerprint density at radius 2 is 1.89 bits per heavy atom. The zero-order chi connectivity index (χ0) is 14.8. The Morgan fingerprint density at radius 1 is 1.32 bits per heavy atom. The summed E-state index contributed by atoms with van der Waals surface area (Å²) in [5.74, 6) is -0.318. The minimum absolute atomic E-state index is 0.00424. The fourth-order valence-corrected chi connectivity index (χ4v) is 1.69. The molecule has 0 aliphatic carbocycles. The molecule has 0 atom stereocenters. The Kier molecular flexibility index (Phi) is 4.33. The summed E-state index contributed by atoms with van der Waals surface area (Å²) in [7, 11) is 0. The number of anilines is 1. The Bertz CT molecular complexity index is 484. The Morgan fingerprint density at radius 3 is 2.32 bits per heavy atom. The van der Waals surface area contributed by atoms with Crippen LogP contribution in [0.15, 0.2) is 0 Å². The molecule has 0 fully saturated rings. The van der Waals surface area contributed by atoms with Crippen molar-refractivity contribution in [2.75, 3.05) is 18.0 Å². The molecule has 0 spiro atoms. The molecule has 106 valence electrons. The van der Waals surface area contributed by atoms with Crippen LogP contribution in [0.5, 0.6) is 0 Å². The van der Waals surface area contributed by atoms with Crippen LogP contribution in [0.4, 0.5) is 19.0 Å². The molecule has 8 heteroatoms. The zero-order valence-corrected chi connectivity index (χ0v) is 11.0. The lowest BCUT2D eigenvalue weighted by Gasteiger charge is -2.25. The lowest BCUT2D eigenvalue weighted by Crippen LogP contribution is -2.36. The molecule has 1 aromatic rings. The first-order valence-electron chi connectivity index (χ1n) is 5.67. The minimum Gasteiger partial charge on any atom is -0.384 e. The molecule has 0 bridgehead atoms. The molecule has 0 aliphatic heterocycles. The van der Waals surface area contributed by atoms with Crippen LogP contribution in [0.2, 0.25) is 0 Å². The van der Waals surface area contributed by atoms with Crippen LogP contribution in [0.1, 0.15) is 23.7 Å². The SMILES string of the molecule is CCN(CC(F)(F)F)c1nnc(C)c(C)c1C(=N)N. The predicted octanol–water partition coefficient (Wildman–Crippen LogP) is 1.77. The summed E-state index contributed by atoms with van der Waals surface area (Å²) >= 11 is 0. The van der Waals surface area contributed by atoms with Crippen LogP contribution in [0.25, 0.3) is 0 Å². The maximum atomic E-state index is 12.5. The third-order valence-corrected chi connectivity index (χ3v) is 2.76. The van der Waals surface area contributed by atoms with E-state index in [9.17, 15) is 13.2 Å². The average Bonchev–Trinajstić information content (AvgIpc) is 2.27. The average molecular weight is 275 g/mol. The summed E-state index contributed by atoms with van der Waals surface area (Å²) in [6, 6.07) is 0. The van der Waals surface area contributed by atoms with E-state index in [0.29, 0.717) is 11.3 Å². The Balaban J connectivity index is 3.32. The van der Waals surface area contributed by atoms with Crippen molar-refractivity contribution >= 4 is 11.7 Å². The number of hydrogen-bond acceptors (Lipinski definition) is 4. The van der Waals surface area contributed by atoms with Gasteiger partial charge in [0, 0.05) is 6.54 Å². The number of nitrogens with zero attached hydrogens (tertiary/aromatic N) is 3. The Hall–Kier alpha value is -1.86. The van der Waals surface area contributed by atoms with Crippen LogP contribution in [0.3, 0.4) is 0 Å². The standard InChI is InChI=1S/C11H16F3N5/c1-4-19(5-11(12,13)14)10-8(9(15)16)6(2)7(3)17-18-10/h4-5H2,1-3H3,(H3,15,16). The number of nitrogens with one attached hydrogen (secondary N) is 1. The maximum Gasteiger partial charge on any atom is 0.405 e. The number of aryl methyl sites for hydroxylation is 1. The van der Waals surface area contributed by atoms with Crippen LogP contribution in [-0.4, -0.2) is 35.3 Å². The van der Waals surface area contributed by atoms with Crippen molar-refractivity contribution in [3.8, 4) is 0 Å². The van der Waals surface area contributed by atoms with E-state index in [0.717, 1.165) is 4.90 Å². The normalized spacial score (nSPS) is 11.5. The van der Waals surface area contributed by atoms with Crippen LogP contribution < -0.4 is 10.6 Å². The zero-order valence-electron chi connectivity index (χ0n) is 11.0. The van der Waals surface area contributed by atoms with E-state index in [4.69, 9.17) is 11.1 Å². The highest BCUT2D eigenvalue weighted by Crippen LogP contribution is 2.25. The van der Waals surface area contributed by atoms with E-state index in [-0.39, 0.29) is 23.8 Å². The van der Waals surface area contributed by atoms with Gasteiger partial charge >= 0.3 is 6.18 Å². The molecule has 0 radical (unpaired) electrons. The highest BCUT2D eigenvalue weighted by molar-refractivity contribution is 6.01. The maximum absolute atomic E-state index is 12.5. The summed E-state index contributed by atoms with van der Waals surface area (Å²) in [5.41, 5.74) is 6.76. The number of halogens is 3. The van der Waals surface area contributed by atoms with E-state index < -0.39 is 12.7 Å². The number of nitrogen functional groups attached to an aromatic ring is 1. The number of alkyl halides is 3. The molecule has 1 heterocycles. The molecule has 19 heavy (non-hydrogen) atoms. The number of amidine groups is 1. The van der Waals surface area contributed by atoms with E-state index in [1.54, 1.807) is 20.8 Å². The molecule has 1 rings (SSSR count). The van der Waals surface area contributed by atoms with Gasteiger partial charge in [-0.05, 0) is 26.3 Å². The highest BCUT2D eigenvalue weighted by Gasteiger charge is 2.32. The van der Waals surface area contributed by atoms with Gasteiger partial charge in [-0.1, -0.05) is 0 Å². The minimum atomic E-state index is -4.36. The molecule has 0 aromatic carbocycles. The molecule has 0 saturated heterocycles. The molecule has 0 amide bonds. The van der Waals surface area contributed by atoms with Gasteiger partial charge in [-0.3, -0.25) is 5.41 Å². The summed E-state index contributed by atoms with van der Waals surface area (Å²) < 4.78 is 37.5. The third-order valence-electron chi connectivity index (χ3n) is 2.76. The van der Waals surface area contributed by atoms with Gasteiger partial charge in [-0.15, -0.1) is 5.10 Å². The first-order chi connectivity index (χ1) is 8.67. The largest absolute Gasteiger partial charge is 0.405 e. The summed E-state index contributed by atoms with van der Waals surface area (Å²) in [6.45, 7) is 3.84. The fraction of sp³-hybridized carbons (Fsp3) is 0.545. The van der Waals surface area contributed by atoms with Crippen molar-refractivity contribution in [3.63, 3.8) is 0 Å². The number of rotatable bonds is 4. The van der Waals surface area contributed by atoms with Gasteiger partial charge in [0.05, 0.1) is 11.3 Å². The van der Waals surface area contributed by atoms with Crippen LogP contribution >= 0.6 is 0 Å². The molecule has 5 nitrogen and oxygen atoms in total. The Labute approximate surface area is 109 Å². The van der Waals surface area contributed by atoms with E-state index >= 15 is 0 Å². The van der Waals surface area contributed by atoms with E-state index in [1.165, 1.54) is 0 Å². The summed E-state index contributed by atoms with van der Waals surface area (Å²) in [4.78, 5) is 1.01. The lowest BCUT2D eigenvalue weighted by atomic mass is 10.1. The summed E-state index contributed by atoms with van der Waals surface area (Å²) in [6.07, 6.45) is -4.36. The van der Waals surface area contributed by atoms with Gasteiger partial charge in [0.15, 0.2) is 5.82 Å². The van der Waals surface area contributed by atoms with Gasteiger partial charge < -0.3 is 10.6 Å². The third kappa shape index (κ3) is 3.55. The molecule has 1 aromatic heterocycles. The fourth-order valence-electron chi connectivity index (χ4n) is 1.69. The van der Waals surface area contributed by atoms with Crippen LogP contribution in [0, 0.1) is 19.3 Å². The smallest absolute Gasteiger partial charge is 0.384 e. The number of hydrogen-bond donors (Lipinski definition) is 2. The number of aromatic nitrogens is 2. The second-order valence-corrected chi connectivity index (χ2v) is 4.15. The van der Waals surface area contributed by atoms with Gasteiger partial charge in [0.2, 0.25) is 0 Å². The van der Waals surface area contributed by atoms with E-state index in [1.807, 2.05) is 0 Å². The van der Waals surface area contributed by atoms with Crippen molar-refractivity contribution < 1.29 is 13.2 Å². The first kappa shape index (κ1) is 15.2. The molecule has 0 aliphatic rings. The van der Waals surface area contributed by atoms with E-state index in [2.05, 4.69) is 10.2 Å². The predicted molar refractivity (Wildman–Crippen MR) is 66.5 cm³/mol. The second-order valence-electron chi connectivity index (χ2n) is 4.15. The van der Waals surface area contributed by atoms with Gasteiger partial charge in [0.25, 0.3) is 0 Å². The van der Waals surface area contributed by atoms with Crippen LogP contribution in [-0.2, 0) is 0 Å². The number of nitrogens with two attached hydrogens (primary N) is 1. The van der Waals surface area contributed by atoms with Crippen molar-refractivity contribution in [2.45, 2.75) is 26.9 Å².